The number of nitrogens with one attached hydrogen (secondary N) is 1. The van der Waals surface area contributed by atoms with Crippen molar-refractivity contribution in [1.82, 2.24) is 34.8 Å². The highest BCUT2D eigenvalue weighted by molar-refractivity contribution is 6.31. The highest BCUT2D eigenvalue weighted by atomic mass is 35.5. The lowest BCUT2D eigenvalue weighted by molar-refractivity contribution is -0.304. The van der Waals surface area contributed by atoms with Gasteiger partial charge in [0.2, 0.25) is 5.91 Å². The van der Waals surface area contributed by atoms with Crippen LogP contribution in [0.5, 0.6) is 0 Å². The molecule has 0 saturated carbocycles. The van der Waals surface area contributed by atoms with Crippen LogP contribution in [0.3, 0.4) is 0 Å². The number of aromatic nitrogens is 5. The summed E-state index contributed by atoms with van der Waals surface area (Å²) in [4.78, 5) is 67.3. The number of halogens is 8. The quantitative estimate of drug-likeness (QED) is 0.155. The fourth-order valence-electron chi connectivity index (χ4n) is 6.38. The molecule has 6 rings (SSSR count). The first-order valence-electron chi connectivity index (χ1n) is 18.9. The maximum absolute atomic E-state index is 13.8. The van der Waals surface area contributed by atoms with Gasteiger partial charge in [0.1, 0.15) is 18.1 Å². The van der Waals surface area contributed by atoms with E-state index in [0.29, 0.717) is 54.9 Å². The molecule has 0 radical (unpaired) electrons. The average molecular weight is 936 g/mol. The zero-order valence-electron chi connectivity index (χ0n) is 34.0. The van der Waals surface area contributed by atoms with Gasteiger partial charge >= 0.3 is 30.6 Å². The normalized spacial score (nSPS) is 16.9. The summed E-state index contributed by atoms with van der Waals surface area (Å²) < 4.78 is 76.9. The molecule has 4 aromatic rings. The van der Waals surface area contributed by atoms with Crippen LogP contribution >= 0.6 is 23.2 Å². The molecular weight excluding hydrogens is 893 g/mol. The maximum atomic E-state index is 13.8. The lowest BCUT2D eigenvalue weighted by atomic mass is 9.98. The first-order chi connectivity index (χ1) is 29.3. The molecule has 2 aliphatic rings. The topological polar surface area (TPSA) is 191 Å². The third-order valence-corrected chi connectivity index (χ3v) is 9.26. The van der Waals surface area contributed by atoms with E-state index >= 15 is 0 Å². The number of piperazine rings is 1. The molecule has 2 aromatic heterocycles. The molecule has 0 aliphatic carbocycles. The Kier molecular flexibility index (Phi) is 16.6. The number of rotatable bonds is 4. The predicted octanol–water partition coefficient (Wildman–Crippen LogP) is 7.21. The fourth-order valence-corrected chi connectivity index (χ4v) is 6.68. The zero-order chi connectivity index (χ0) is 46.9. The summed E-state index contributed by atoms with van der Waals surface area (Å²) in [5, 5.41) is 19.2. The van der Waals surface area contributed by atoms with E-state index in [0.717, 1.165) is 24.1 Å². The molecule has 1 saturated heterocycles. The fraction of sp³-hybridized carbons (Fsp3) is 0.436. The van der Waals surface area contributed by atoms with Crippen LogP contribution in [0.2, 0.25) is 10.2 Å². The second-order valence-electron chi connectivity index (χ2n) is 14.9. The Labute approximate surface area is 365 Å². The van der Waals surface area contributed by atoms with E-state index in [1.54, 1.807) is 40.2 Å². The zero-order valence-corrected chi connectivity index (χ0v) is 35.6. The van der Waals surface area contributed by atoms with E-state index in [1.807, 2.05) is 49.9 Å². The standard InChI is InChI=1S/C33H36Cl2N8O4.2C3H3F3O2/c1-33(2,3)47-32(46)40-13-14-41-23-8-6-7-21(15-23)26(9-4-5-12-36-31(45)28(41)18-40)42-20-37-25(17-30(42)44)24-16-22(34)10-11-27(24)43-19-29(35)38-39-43;1-2(7)8-3(4,5)6;4-3(5,6)1-2(7)8/h6-8,10-11,15-17,19-20,26,28H,4-5,9,12-14,18H2,1-3H3,(H,36,45);1H3;1H2,(H,7,8)/t26-,28+;;/m0../s1. The number of amides is 2. The lowest BCUT2D eigenvalue weighted by Gasteiger charge is -2.42. The third kappa shape index (κ3) is 15.4. The first-order valence-corrected chi connectivity index (χ1v) is 19.7. The van der Waals surface area contributed by atoms with E-state index in [9.17, 15) is 50.3 Å². The van der Waals surface area contributed by atoms with Gasteiger partial charge in [0.05, 0.1) is 36.5 Å². The summed E-state index contributed by atoms with van der Waals surface area (Å²) in [6.45, 7) is 7.69. The van der Waals surface area contributed by atoms with Crippen molar-refractivity contribution >= 4 is 52.8 Å². The molecule has 4 heterocycles. The molecular formula is C39H42Cl2F6N8O8. The van der Waals surface area contributed by atoms with Crippen LogP contribution in [0.25, 0.3) is 16.9 Å². The molecule has 2 aliphatic heterocycles. The van der Waals surface area contributed by atoms with E-state index in [4.69, 9.17) is 38.0 Å². The Bertz CT molecular complexity index is 2290. The monoisotopic (exact) mass is 934 g/mol. The summed E-state index contributed by atoms with van der Waals surface area (Å²) in [5.74, 6) is -3.33. The van der Waals surface area contributed by atoms with Gasteiger partial charge in [0.15, 0.2) is 5.15 Å². The van der Waals surface area contributed by atoms with Crippen molar-refractivity contribution in [3.8, 4) is 16.9 Å². The van der Waals surface area contributed by atoms with Gasteiger partial charge in [0.25, 0.3) is 5.56 Å². The van der Waals surface area contributed by atoms with Gasteiger partial charge in [-0.3, -0.25) is 23.7 Å². The van der Waals surface area contributed by atoms with Crippen LogP contribution in [0.4, 0.5) is 36.8 Å². The third-order valence-electron chi connectivity index (χ3n) is 8.85. The summed E-state index contributed by atoms with van der Waals surface area (Å²) in [6, 6.07) is 13.7. The van der Waals surface area contributed by atoms with Crippen molar-refractivity contribution in [3.05, 3.63) is 87.1 Å². The van der Waals surface area contributed by atoms with Gasteiger partial charge in [0, 0.05) is 48.9 Å². The molecule has 63 heavy (non-hydrogen) atoms. The lowest BCUT2D eigenvalue weighted by Crippen LogP contribution is -2.61. The van der Waals surface area contributed by atoms with Gasteiger partial charge in [-0.25, -0.2) is 14.5 Å². The van der Waals surface area contributed by atoms with Gasteiger partial charge in [-0.1, -0.05) is 40.5 Å². The summed E-state index contributed by atoms with van der Waals surface area (Å²) in [5.41, 5.74) is 2.57. The molecule has 2 N–H and O–H groups in total. The molecule has 16 nitrogen and oxygen atoms in total. The van der Waals surface area contributed by atoms with Crippen molar-refractivity contribution in [2.24, 2.45) is 0 Å². The Hall–Kier alpha value is -5.90. The molecule has 1 fully saturated rings. The van der Waals surface area contributed by atoms with Crippen molar-refractivity contribution in [2.75, 3.05) is 31.1 Å². The summed E-state index contributed by atoms with van der Waals surface area (Å²) in [6.07, 6.45) is -6.32. The number of carbonyl (C=O) groups is 4. The van der Waals surface area contributed by atoms with Crippen LogP contribution in [0, 0.1) is 0 Å². The molecule has 342 valence electrons. The molecule has 2 atom stereocenters. The number of hydrogen-bond donors (Lipinski definition) is 2. The van der Waals surface area contributed by atoms with Gasteiger partial charge in [-0.05, 0) is 75.9 Å². The SMILES string of the molecule is CC(=O)OC(F)(F)F.CC(C)(C)OC(=O)N1CCN2c3cccc(c3)[C@@H](n3cnc(-c4cc(Cl)ccc4-n4cc(Cl)nn4)cc3=O)CCCCNC(=O)[C@H]2C1.O=C(O)CC(F)(F)F. The number of ether oxygens (including phenoxy) is 2. The molecule has 0 spiro atoms. The van der Waals surface area contributed by atoms with E-state index in [-0.39, 0.29) is 29.2 Å². The number of anilines is 1. The molecule has 0 unspecified atom stereocenters. The van der Waals surface area contributed by atoms with Crippen LogP contribution < -0.4 is 15.8 Å². The molecule has 2 aromatic carbocycles. The smallest absolute Gasteiger partial charge is 0.481 e. The average Bonchev–Trinajstić information content (AvgIpc) is 3.59. The summed E-state index contributed by atoms with van der Waals surface area (Å²) in [7, 11) is 0. The van der Waals surface area contributed by atoms with E-state index < -0.39 is 48.6 Å². The minimum Gasteiger partial charge on any atom is -0.481 e. The Morgan fingerprint density at radius 3 is 2.21 bits per heavy atom. The van der Waals surface area contributed by atoms with Crippen molar-refractivity contribution in [1.29, 1.82) is 0 Å². The number of alkyl halides is 6. The highest BCUT2D eigenvalue weighted by Gasteiger charge is 2.37. The number of hydrogen-bond acceptors (Lipinski definition) is 11. The van der Waals surface area contributed by atoms with Gasteiger partial charge < -0.3 is 29.7 Å². The van der Waals surface area contributed by atoms with Crippen LogP contribution in [0.15, 0.2) is 65.8 Å². The molecule has 2 amide bonds. The minimum absolute atomic E-state index is 0.134. The first kappa shape index (κ1) is 49.8. The number of carbonyl (C=O) groups excluding carboxylic acids is 3. The van der Waals surface area contributed by atoms with E-state index in [2.05, 4.69) is 20.4 Å². The van der Waals surface area contributed by atoms with Crippen LogP contribution in [0.1, 0.15) is 65.0 Å². The number of esters is 1. The molecule has 2 bridgehead atoms. The largest absolute Gasteiger partial charge is 0.575 e. The molecule has 24 heteroatoms. The number of nitrogens with zero attached hydrogens (tertiary/aromatic N) is 7. The van der Waals surface area contributed by atoms with Crippen molar-refractivity contribution in [3.63, 3.8) is 0 Å². The predicted molar refractivity (Wildman–Crippen MR) is 215 cm³/mol. The second-order valence-corrected chi connectivity index (χ2v) is 15.7. The van der Waals surface area contributed by atoms with Gasteiger partial charge in [-0.15, -0.1) is 18.3 Å². The number of benzene rings is 2. The maximum Gasteiger partial charge on any atom is 0.575 e. The van der Waals surface area contributed by atoms with Crippen molar-refractivity contribution < 1.29 is 60.1 Å². The second kappa shape index (κ2) is 21.0. The van der Waals surface area contributed by atoms with Crippen LogP contribution in [-0.4, -0.2) is 109 Å². The number of carboxylic acids is 1. The summed E-state index contributed by atoms with van der Waals surface area (Å²) >= 11 is 12.4. The van der Waals surface area contributed by atoms with Gasteiger partial charge in [-0.2, -0.15) is 13.2 Å². The number of aliphatic carboxylic acids is 1. The van der Waals surface area contributed by atoms with Crippen LogP contribution in [-0.2, 0) is 23.9 Å². The Balaban J connectivity index is 0.000000463. The number of fused-ring (bicyclic) bond motifs is 4. The van der Waals surface area contributed by atoms with Crippen molar-refractivity contribution in [2.45, 2.75) is 83.6 Å². The number of carboxylic acid groups (broad SMARTS) is 1. The Morgan fingerprint density at radius 2 is 1.65 bits per heavy atom. The van der Waals surface area contributed by atoms with E-state index in [1.165, 1.54) is 10.7 Å². The highest BCUT2D eigenvalue weighted by Crippen LogP contribution is 2.32. The minimum atomic E-state index is -4.83. The Morgan fingerprint density at radius 1 is 0.937 bits per heavy atom.